The molecule has 1 aromatic rings. The number of rotatable bonds is 3. The van der Waals surface area contributed by atoms with Crippen LogP contribution in [0.15, 0.2) is 6.33 Å². The molecule has 1 heterocycles. The summed E-state index contributed by atoms with van der Waals surface area (Å²) >= 11 is 0. The van der Waals surface area contributed by atoms with Crippen LogP contribution in [0.2, 0.25) is 0 Å². The maximum Gasteiger partial charge on any atom is 0.140 e. The van der Waals surface area contributed by atoms with Gasteiger partial charge in [0.25, 0.3) is 0 Å². The van der Waals surface area contributed by atoms with Crippen LogP contribution in [0.4, 0.5) is 0 Å². The van der Waals surface area contributed by atoms with Gasteiger partial charge < -0.3 is 10.3 Å². The van der Waals surface area contributed by atoms with Crippen molar-refractivity contribution >= 4 is 0 Å². The zero-order valence-electron chi connectivity index (χ0n) is 11.0. The van der Waals surface area contributed by atoms with E-state index in [2.05, 4.69) is 28.6 Å². The van der Waals surface area contributed by atoms with Crippen molar-refractivity contribution in [1.82, 2.24) is 14.8 Å². The fourth-order valence-corrected chi connectivity index (χ4v) is 2.92. The van der Waals surface area contributed by atoms with E-state index in [-0.39, 0.29) is 5.41 Å². The highest BCUT2D eigenvalue weighted by molar-refractivity contribution is 5.10. The quantitative estimate of drug-likeness (QED) is 0.820. The van der Waals surface area contributed by atoms with E-state index in [0.29, 0.717) is 12.6 Å². The predicted molar refractivity (Wildman–Crippen MR) is 68.8 cm³/mol. The van der Waals surface area contributed by atoms with Crippen molar-refractivity contribution in [2.75, 3.05) is 6.54 Å². The molecule has 1 saturated carbocycles. The SMILES string of the molecule is CC(C)n1cnnc1C1(CN)CCCCCC1. The standard InChI is InChI=1S/C13H24N4/c1-11(2)17-10-15-16-12(17)13(9-14)7-5-3-4-6-8-13/h10-11H,3-9,14H2,1-2H3. The number of hydrogen-bond acceptors (Lipinski definition) is 3. The van der Waals surface area contributed by atoms with Gasteiger partial charge in [-0.2, -0.15) is 0 Å². The van der Waals surface area contributed by atoms with E-state index in [1.54, 1.807) is 0 Å². The molecule has 0 saturated heterocycles. The van der Waals surface area contributed by atoms with Crippen LogP contribution in [0, 0.1) is 0 Å². The summed E-state index contributed by atoms with van der Waals surface area (Å²) in [6, 6.07) is 0.409. The van der Waals surface area contributed by atoms with Gasteiger partial charge in [-0.25, -0.2) is 0 Å². The van der Waals surface area contributed by atoms with E-state index < -0.39 is 0 Å². The summed E-state index contributed by atoms with van der Waals surface area (Å²) in [5, 5.41) is 8.48. The average molecular weight is 236 g/mol. The highest BCUT2D eigenvalue weighted by atomic mass is 15.3. The lowest BCUT2D eigenvalue weighted by molar-refractivity contribution is 0.336. The molecule has 1 aliphatic carbocycles. The van der Waals surface area contributed by atoms with Crippen molar-refractivity contribution in [3.05, 3.63) is 12.2 Å². The summed E-state index contributed by atoms with van der Waals surface area (Å²) in [5.41, 5.74) is 6.15. The lowest BCUT2D eigenvalue weighted by atomic mass is 9.79. The first kappa shape index (κ1) is 12.6. The van der Waals surface area contributed by atoms with E-state index in [9.17, 15) is 0 Å². The highest BCUT2D eigenvalue weighted by Gasteiger charge is 2.36. The fourth-order valence-electron chi connectivity index (χ4n) is 2.92. The second-order valence-electron chi connectivity index (χ2n) is 5.55. The molecule has 2 rings (SSSR count). The molecule has 0 radical (unpaired) electrons. The van der Waals surface area contributed by atoms with Crippen molar-refractivity contribution in [2.24, 2.45) is 5.73 Å². The molecule has 4 nitrogen and oxygen atoms in total. The average Bonchev–Trinajstić information content (AvgIpc) is 2.69. The van der Waals surface area contributed by atoms with Gasteiger partial charge in [0.15, 0.2) is 0 Å². The Balaban J connectivity index is 2.35. The number of nitrogens with two attached hydrogens (primary N) is 1. The monoisotopic (exact) mass is 236 g/mol. The highest BCUT2D eigenvalue weighted by Crippen LogP contribution is 2.37. The van der Waals surface area contributed by atoms with Crippen LogP contribution in [-0.4, -0.2) is 21.3 Å². The maximum atomic E-state index is 6.09. The molecule has 0 aromatic carbocycles. The molecular weight excluding hydrogens is 212 g/mol. The van der Waals surface area contributed by atoms with Crippen LogP contribution in [0.25, 0.3) is 0 Å². The first-order chi connectivity index (χ1) is 8.19. The van der Waals surface area contributed by atoms with Crippen molar-refractivity contribution in [2.45, 2.75) is 63.8 Å². The van der Waals surface area contributed by atoms with E-state index in [1.165, 1.54) is 25.7 Å². The Labute approximate surface area is 104 Å². The number of hydrogen-bond donors (Lipinski definition) is 1. The Hall–Kier alpha value is -0.900. The van der Waals surface area contributed by atoms with Crippen molar-refractivity contribution < 1.29 is 0 Å². The van der Waals surface area contributed by atoms with Gasteiger partial charge in [-0.1, -0.05) is 25.7 Å². The molecule has 1 fully saturated rings. The maximum absolute atomic E-state index is 6.09. The van der Waals surface area contributed by atoms with Crippen molar-refractivity contribution in [1.29, 1.82) is 0 Å². The van der Waals surface area contributed by atoms with Crippen LogP contribution in [0.3, 0.4) is 0 Å². The molecule has 0 bridgehead atoms. The van der Waals surface area contributed by atoms with Crippen LogP contribution >= 0.6 is 0 Å². The molecule has 0 spiro atoms. The zero-order chi connectivity index (χ0) is 12.3. The van der Waals surface area contributed by atoms with E-state index in [0.717, 1.165) is 18.7 Å². The number of aromatic nitrogens is 3. The third-order valence-corrected chi connectivity index (χ3v) is 4.06. The minimum absolute atomic E-state index is 0.0667. The molecule has 1 aliphatic rings. The van der Waals surface area contributed by atoms with Gasteiger partial charge in [-0.05, 0) is 26.7 Å². The lowest BCUT2D eigenvalue weighted by Crippen LogP contribution is -2.37. The van der Waals surface area contributed by atoms with Gasteiger partial charge in [-0.3, -0.25) is 0 Å². The molecule has 0 unspecified atom stereocenters. The largest absolute Gasteiger partial charge is 0.329 e. The smallest absolute Gasteiger partial charge is 0.140 e. The fraction of sp³-hybridized carbons (Fsp3) is 0.846. The normalized spacial score (nSPS) is 20.5. The Kier molecular flexibility index (Phi) is 3.82. The minimum atomic E-state index is 0.0667. The predicted octanol–water partition coefficient (Wildman–Crippen LogP) is 2.41. The van der Waals surface area contributed by atoms with Gasteiger partial charge in [0.2, 0.25) is 0 Å². The summed E-state index contributed by atoms with van der Waals surface area (Å²) in [6.45, 7) is 5.04. The molecule has 0 amide bonds. The summed E-state index contributed by atoms with van der Waals surface area (Å²) in [4.78, 5) is 0. The van der Waals surface area contributed by atoms with Crippen LogP contribution < -0.4 is 5.73 Å². The van der Waals surface area contributed by atoms with Gasteiger partial charge >= 0.3 is 0 Å². The third-order valence-electron chi connectivity index (χ3n) is 4.06. The molecule has 1 aromatic heterocycles. The molecule has 17 heavy (non-hydrogen) atoms. The topological polar surface area (TPSA) is 56.7 Å². The summed E-state index contributed by atoms with van der Waals surface area (Å²) in [5.74, 6) is 1.11. The molecule has 2 N–H and O–H groups in total. The summed E-state index contributed by atoms with van der Waals surface area (Å²) < 4.78 is 2.19. The molecule has 0 aliphatic heterocycles. The summed E-state index contributed by atoms with van der Waals surface area (Å²) in [6.07, 6.45) is 9.37. The third kappa shape index (κ3) is 2.37. The molecule has 0 atom stereocenters. The Morgan fingerprint density at radius 1 is 1.29 bits per heavy atom. The van der Waals surface area contributed by atoms with E-state index in [1.807, 2.05) is 6.33 Å². The van der Waals surface area contributed by atoms with Gasteiger partial charge in [0.1, 0.15) is 12.2 Å². The first-order valence-electron chi connectivity index (χ1n) is 6.80. The first-order valence-corrected chi connectivity index (χ1v) is 6.80. The molecule has 96 valence electrons. The van der Waals surface area contributed by atoms with Crippen molar-refractivity contribution in [3.8, 4) is 0 Å². The van der Waals surface area contributed by atoms with Gasteiger partial charge in [0, 0.05) is 18.0 Å². The second-order valence-corrected chi connectivity index (χ2v) is 5.55. The molecule has 4 heteroatoms. The Bertz CT molecular complexity index is 348. The van der Waals surface area contributed by atoms with Crippen LogP contribution in [-0.2, 0) is 5.41 Å². The Morgan fingerprint density at radius 3 is 2.47 bits per heavy atom. The van der Waals surface area contributed by atoms with E-state index in [4.69, 9.17) is 5.73 Å². The van der Waals surface area contributed by atoms with Gasteiger partial charge in [0.05, 0.1) is 0 Å². The number of nitrogens with zero attached hydrogens (tertiary/aromatic N) is 3. The lowest BCUT2D eigenvalue weighted by Gasteiger charge is -2.31. The van der Waals surface area contributed by atoms with E-state index >= 15 is 0 Å². The zero-order valence-corrected chi connectivity index (χ0v) is 11.0. The molecular formula is C13H24N4. The second kappa shape index (κ2) is 5.17. The van der Waals surface area contributed by atoms with Gasteiger partial charge in [-0.15, -0.1) is 10.2 Å². The van der Waals surface area contributed by atoms with Crippen LogP contribution in [0.5, 0.6) is 0 Å². The Morgan fingerprint density at radius 2 is 1.94 bits per heavy atom. The summed E-state index contributed by atoms with van der Waals surface area (Å²) in [7, 11) is 0. The minimum Gasteiger partial charge on any atom is -0.329 e. The van der Waals surface area contributed by atoms with Crippen molar-refractivity contribution in [3.63, 3.8) is 0 Å². The van der Waals surface area contributed by atoms with Crippen LogP contribution in [0.1, 0.15) is 64.2 Å².